The van der Waals surface area contributed by atoms with Gasteiger partial charge in [0.1, 0.15) is 6.04 Å². The van der Waals surface area contributed by atoms with Gasteiger partial charge in [0.2, 0.25) is 0 Å². The van der Waals surface area contributed by atoms with E-state index in [4.69, 9.17) is 5.11 Å². The van der Waals surface area contributed by atoms with Gasteiger partial charge in [-0.05, 0) is 19.6 Å². The Bertz CT molecular complexity index is 197. The summed E-state index contributed by atoms with van der Waals surface area (Å²) in [7, 11) is 0. The van der Waals surface area contributed by atoms with Gasteiger partial charge in [-0.3, -0.25) is 4.79 Å². The molecule has 0 aromatic heterocycles. The summed E-state index contributed by atoms with van der Waals surface area (Å²) >= 11 is 1.54. The third kappa shape index (κ3) is 6.76. The Morgan fingerprint density at radius 2 is 2.20 bits per heavy atom. The lowest BCUT2D eigenvalue weighted by atomic mass is 10.1. The Hall–Kier alpha value is -0.260. The second-order valence-corrected chi connectivity index (χ2v) is 4.86. The van der Waals surface area contributed by atoms with Crippen molar-refractivity contribution in [3.05, 3.63) is 0 Å². The minimum atomic E-state index is -0.850. The van der Waals surface area contributed by atoms with Crippen LogP contribution in [0, 0.1) is 0 Å². The lowest BCUT2D eigenvalue weighted by Gasteiger charge is -2.25. The Balaban J connectivity index is 4.03. The van der Waals surface area contributed by atoms with Crippen LogP contribution in [0.4, 0.5) is 0 Å². The first kappa shape index (κ1) is 14.7. The van der Waals surface area contributed by atoms with E-state index in [-0.39, 0.29) is 0 Å². The van der Waals surface area contributed by atoms with Crippen molar-refractivity contribution >= 4 is 17.7 Å². The minimum absolute atomic E-state index is 0.310. The Morgan fingerprint density at radius 1 is 1.60 bits per heavy atom. The lowest BCUT2D eigenvalue weighted by Crippen LogP contribution is -2.47. The largest absolute Gasteiger partial charge is 0.480 e. The average molecular weight is 235 g/mol. The maximum absolute atomic E-state index is 10.8. The zero-order valence-electron chi connectivity index (χ0n) is 9.62. The highest BCUT2D eigenvalue weighted by Gasteiger charge is 2.23. The molecule has 0 aliphatic rings. The van der Waals surface area contributed by atoms with Gasteiger partial charge in [0, 0.05) is 12.3 Å². The number of aliphatic hydroxyl groups is 1. The summed E-state index contributed by atoms with van der Waals surface area (Å²) in [5, 5.41) is 21.6. The number of hydrogen-bond donors (Lipinski definition) is 3. The maximum atomic E-state index is 10.8. The van der Waals surface area contributed by atoms with Crippen LogP contribution >= 0.6 is 11.8 Å². The molecule has 0 fully saturated rings. The number of carboxylic acids is 1. The van der Waals surface area contributed by atoms with E-state index in [2.05, 4.69) is 5.32 Å². The molecule has 2 atom stereocenters. The van der Waals surface area contributed by atoms with Crippen LogP contribution in [-0.4, -0.2) is 46.4 Å². The number of rotatable bonds is 8. The van der Waals surface area contributed by atoms with Gasteiger partial charge in [-0.2, -0.15) is 11.8 Å². The summed E-state index contributed by atoms with van der Waals surface area (Å²) in [6.07, 6.45) is 3.31. The second kappa shape index (κ2) is 7.09. The van der Waals surface area contributed by atoms with E-state index in [1.165, 1.54) is 0 Å². The molecule has 0 amide bonds. The van der Waals surface area contributed by atoms with Crippen molar-refractivity contribution in [2.75, 3.05) is 18.6 Å². The summed E-state index contributed by atoms with van der Waals surface area (Å²) in [4.78, 5) is 10.8. The SMILES string of the molecule is CCCC(NCC(C)(O)CSC)C(=O)O. The molecule has 0 saturated heterocycles. The van der Waals surface area contributed by atoms with Crippen molar-refractivity contribution in [1.82, 2.24) is 5.32 Å². The number of thioether (sulfide) groups is 1. The second-order valence-electron chi connectivity index (χ2n) is 3.99. The molecule has 0 spiro atoms. The van der Waals surface area contributed by atoms with Gasteiger partial charge in [0.25, 0.3) is 0 Å². The zero-order chi connectivity index (χ0) is 11.9. The van der Waals surface area contributed by atoms with Crippen molar-refractivity contribution in [3.8, 4) is 0 Å². The smallest absolute Gasteiger partial charge is 0.320 e. The molecule has 0 aromatic carbocycles. The van der Waals surface area contributed by atoms with Crippen molar-refractivity contribution in [2.45, 2.75) is 38.3 Å². The fourth-order valence-corrected chi connectivity index (χ4v) is 2.03. The quantitative estimate of drug-likeness (QED) is 0.584. The molecule has 15 heavy (non-hydrogen) atoms. The van der Waals surface area contributed by atoms with Gasteiger partial charge in [-0.1, -0.05) is 13.3 Å². The summed E-state index contributed by atoms with van der Waals surface area (Å²) in [6.45, 7) is 3.96. The molecular formula is C10H21NO3S. The maximum Gasteiger partial charge on any atom is 0.320 e. The molecule has 0 bridgehead atoms. The number of nitrogens with one attached hydrogen (secondary N) is 1. The predicted molar refractivity (Wildman–Crippen MR) is 63.3 cm³/mol. The fraction of sp³-hybridized carbons (Fsp3) is 0.900. The van der Waals surface area contributed by atoms with Crippen LogP contribution in [0.2, 0.25) is 0 Å². The van der Waals surface area contributed by atoms with Crippen LogP contribution in [0.25, 0.3) is 0 Å². The molecule has 0 radical (unpaired) electrons. The molecule has 2 unspecified atom stereocenters. The van der Waals surface area contributed by atoms with Gasteiger partial charge in [-0.15, -0.1) is 0 Å². The Morgan fingerprint density at radius 3 is 2.60 bits per heavy atom. The molecule has 3 N–H and O–H groups in total. The lowest BCUT2D eigenvalue weighted by molar-refractivity contribution is -0.139. The van der Waals surface area contributed by atoms with E-state index in [0.717, 1.165) is 6.42 Å². The van der Waals surface area contributed by atoms with Crippen molar-refractivity contribution in [3.63, 3.8) is 0 Å². The van der Waals surface area contributed by atoms with Gasteiger partial charge in [-0.25, -0.2) is 0 Å². The van der Waals surface area contributed by atoms with E-state index >= 15 is 0 Å². The molecule has 0 aromatic rings. The highest BCUT2D eigenvalue weighted by atomic mass is 32.2. The zero-order valence-corrected chi connectivity index (χ0v) is 10.4. The van der Waals surface area contributed by atoms with E-state index in [1.807, 2.05) is 13.2 Å². The van der Waals surface area contributed by atoms with Gasteiger partial charge < -0.3 is 15.5 Å². The highest BCUT2D eigenvalue weighted by molar-refractivity contribution is 7.98. The van der Waals surface area contributed by atoms with Gasteiger partial charge in [0.15, 0.2) is 0 Å². The molecular weight excluding hydrogens is 214 g/mol. The van der Waals surface area contributed by atoms with Crippen molar-refractivity contribution < 1.29 is 15.0 Å². The Kier molecular flexibility index (Phi) is 6.96. The van der Waals surface area contributed by atoms with Crippen molar-refractivity contribution in [2.24, 2.45) is 0 Å². The molecule has 0 saturated carbocycles. The van der Waals surface area contributed by atoms with E-state index < -0.39 is 17.6 Å². The van der Waals surface area contributed by atoms with Crippen LogP contribution < -0.4 is 5.32 Å². The molecule has 90 valence electrons. The molecule has 4 nitrogen and oxygen atoms in total. The van der Waals surface area contributed by atoms with Crippen molar-refractivity contribution in [1.29, 1.82) is 0 Å². The van der Waals surface area contributed by atoms with E-state index in [9.17, 15) is 9.90 Å². The molecule has 5 heteroatoms. The first-order valence-corrected chi connectivity index (χ1v) is 6.50. The monoisotopic (exact) mass is 235 g/mol. The first-order chi connectivity index (χ1) is 6.93. The van der Waals surface area contributed by atoms with Crippen LogP contribution in [0.5, 0.6) is 0 Å². The topological polar surface area (TPSA) is 69.6 Å². The highest BCUT2D eigenvalue weighted by Crippen LogP contribution is 2.10. The molecule has 0 rings (SSSR count). The van der Waals surface area contributed by atoms with Gasteiger partial charge >= 0.3 is 5.97 Å². The third-order valence-electron chi connectivity index (χ3n) is 2.06. The van der Waals surface area contributed by atoms with Crippen LogP contribution in [0.15, 0.2) is 0 Å². The van der Waals surface area contributed by atoms with E-state index in [1.54, 1.807) is 18.7 Å². The number of aliphatic carboxylic acids is 1. The van der Waals surface area contributed by atoms with Gasteiger partial charge in [0.05, 0.1) is 5.60 Å². The third-order valence-corrected chi connectivity index (χ3v) is 2.97. The van der Waals surface area contributed by atoms with Crippen LogP contribution in [0.1, 0.15) is 26.7 Å². The standard InChI is InChI=1S/C10H21NO3S/c1-4-5-8(9(12)13)11-6-10(2,14)7-15-3/h8,11,14H,4-7H2,1-3H3,(H,12,13). The molecule has 0 heterocycles. The number of carbonyl (C=O) groups is 1. The summed E-state index contributed by atoms with van der Waals surface area (Å²) in [5.74, 6) is -0.254. The Labute approximate surface area is 95.4 Å². The van der Waals surface area contributed by atoms with Crippen LogP contribution in [-0.2, 0) is 4.79 Å². The van der Waals surface area contributed by atoms with Crippen LogP contribution in [0.3, 0.4) is 0 Å². The minimum Gasteiger partial charge on any atom is -0.480 e. The summed E-state index contributed by atoms with van der Waals surface area (Å²) in [5.41, 5.74) is -0.846. The number of hydrogen-bond acceptors (Lipinski definition) is 4. The molecule has 0 aliphatic heterocycles. The fourth-order valence-electron chi connectivity index (χ4n) is 1.31. The number of carboxylic acid groups (broad SMARTS) is 1. The normalized spacial score (nSPS) is 17.1. The average Bonchev–Trinajstić information content (AvgIpc) is 2.11. The summed E-state index contributed by atoms with van der Waals surface area (Å²) in [6, 6.07) is -0.552. The van der Waals surface area contributed by atoms with E-state index in [0.29, 0.717) is 18.7 Å². The first-order valence-electron chi connectivity index (χ1n) is 5.10. The summed E-state index contributed by atoms with van der Waals surface area (Å²) < 4.78 is 0. The predicted octanol–water partition coefficient (Wildman–Crippen LogP) is 0.943. The molecule has 0 aliphatic carbocycles.